The number of aliphatic imine (C=N–C) groups is 1. The summed E-state index contributed by atoms with van der Waals surface area (Å²) in [5.41, 5.74) is 8.59. The second-order valence-corrected chi connectivity index (χ2v) is 4.57. The average Bonchev–Trinajstić information content (AvgIpc) is 2.61. The average molecular weight is 217 g/mol. The van der Waals surface area contributed by atoms with Crippen LogP contribution in [0.3, 0.4) is 0 Å². The van der Waals surface area contributed by atoms with Crippen LogP contribution in [0.25, 0.3) is 0 Å². The monoisotopic (exact) mass is 217 g/mol. The first kappa shape index (κ1) is 11.0. The molecule has 0 saturated carbocycles. The van der Waals surface area contributed by atoms with E-state index in [0.717, 1.165) is 12.8 Å². The SMILES string of the molecule is CC(C)NC(N)=NC1CCc2ccccc21. The lowest BCUT2D eigenvalue weighted by Crippen LogP contribution is -2.37. The van der Waals surface area contributed by atoms with Crippen LogP contribution in [0.2, 0.25) is 0 Å². The van der Waals surface area contributed by atoms with E-state index < -0.39 is 0 Å². The third-order valence-electron chi connectivity index (χ3n) is 2.83. The summed E-state index contributed by atoms with van der Waals surface area (Å²) in [4.78, 5) is 4.54. The van der Waals surface area contributed by atoms with Crippen LogP contribution in [0.5, 0.6) is 0 Å². The van der Waals surface area contributed by atoms with Gasteiger partial charge in [0.05, 0.1) is 6.04 Å². The topological polar surface area (TPSA) is 50.4 Å². The smallest absolute Gasteiger partial charge is 0.189 e. The molecule has 1 aliphatic carbocycles. The maximum atomic E-state index is 5.85. The van der Waals surface area contributed by atoms with E-state index in [0.29, 0.717) is 12.0 Å². The highest BCUT2D eigenvalue weighted by Gasteiger charge is 2.21. The number of aryl methyl sites for hydroxylation is 1. The van der Waals surface area contributed by atoms with Crippen LogP contribution in [0.4, 0.5) is 0 Å². The van der Waals surface area contributed by atoms with Crippen molar-refractivity contribution in [3.8, 4) is 0 Å². The third kappa shape index (κ3) is 2.35. The molecule has 0 spiro atoms. The van der Waals surface area contributed by atoms with Crippen molar-refractivity contribution in [2.75, 3.05) is 0 Å². The van der Waals surface area contributed by atoms with E-state index >= 15 is 0 Å². The van der Waals surface area contributed by atoms with Gasteiger partial charge in [-0.25, -0.2) is 4.99 Å². The van der Waals surface area contributed by atoms with Crippen LogP contribution < -0.4 is 11.1 Å². The standard InChI is InChI=1S/C13H19N3/c1-9(2)15-13(14)16-12-8-7-10-5-3-4-6-11(10)12/h3-6,9,12H,7-8H2,1-2H3,(H3,14,15,16). The summed E-state index contributed by atoms with van der Waals surface area (Å²) in [7, 11) is 0. The second kappa shape index (κ2) is 4.56. The zero-order valence-corrected chi connectivity index (χ0v) is 9.90. The van der Waals surface area contributed by atoms with E-state index in [9.17, 15) is 0 Å². The fourth-order valence-corrected chi connectivity index (χ4v) is 2.17. The number of guanidine groups is 1. The van der Waals surface area contributed by atoms with Gasteiger partial charge in [0.25, 0.3) is 0 Å². The van der Waals surface area contributed by atoms with Crippen molar-refractivity contribution in [1.29, 1.82) is 0 Å². The Balaban J connectivity index is 2.13. The highest BCUT2D eigenvalue weighted by Crippen LogP contribution is 2.33. The Hall–Kier alpha value is -1.51. The molecule has 3 nitrogen and oxygen atoms in total. The van der Waals surface area contributed by atoms with Gasteiger partial charge < -0.3 is 11.1 Å². The fourth-order valence-electron chi connectivity index (χ4n) is 2.17. The maximum Gasteiger partial charge on any atom is 0.189 e. The van der Waals surface area contributed by atoms with Crippen molar-refractivity contribution >= 4 is 5.96 Å². The molecule has 3 heteroatoms. The van der Waals surface area contributed by atoms with Crippen molar-refractivity contribution in [1.82, 2.24) is 5.32 Å². The first-order valence-electron chi connectivity index (χ1n) is 5.84. The molecule has 0 fully saturated rings. The van der Waals surface area contributed by atoms with Crippen LogP contribution in [0.15, 0.2) is 29.3 Å². The van der Waals surface area contributed by atoms with Crippen LogP contribution in [0.1, 0.15) is 37.4 Å². The van der Waals surface area contributed by atoms with Gasteiger partial charge in [0.2, 0.25) is 0 Å². The van der Waals surface area contributed by atoms with E-state index in [1.807, 2.05) is 0 Å². The number of nitrogens with zero attached hydrogens (tertiary/aromatic N) is 1. The van der Waals surface area contributed by atoms with Gasteiger partial charge in [0, 0.05) is 6.04 Å². The molecule has 0 heterocycles. The fraction of sp³-hybridized carbons (Fsp3) is 0.462. The number of nitrogens with one attached hydrogen (secondary N) is 1. The van der Waals surface area contributed by atoms with Gasteiger partial charge >= 0.3 is 0 Å². The minimum atomic E-state index is 0.238. The zero-order valence-electron chi connectivity index (χ0n) is 9.90. The summed E-state index contributed by atoms with van der Waals surface area (Å²) in [6, 6.07) is 9.05. The lowest BCUT2D eigenvalue weighted by Gasteiger charge is -2.12. The van der Waals surface area contributed by atoms with E-state index in [4.69, 9.17) is 5.73 Å². The first-order valence-corrected chi connectivity index (χ1v) is 5.84. The van der Waals surface area contributed by atoms with Gasteiger partial charge in [-0.2, -0.15) is 0 Å². The van der Waals surface area contributed by atoms with Gasteiger partial charge in [-0.05, 0) is 37.8 Å². The van der Waals surface area contributed by atoms with Gasteiger partial charge in [-0.3, -0.25) is 0 Å². The number of fused-ring (bicyclic) bond motifs is 1. The molecule has 1 aromatic rings. The molecule has 0 saturated heterocycles. The molecule has 0 radical (unpaired) electrons. The lowest BCUT2D eigenvalue weighted by atomic mass is 10.1. The summed E-state index contributed by atoms with van der Waals surface area (Å²) in [6.07, 6.45) is 2.18. The molecule has 1 aromatic carbocycles. The normalized spacial score (nSPS) is 19.9. The van der Waals surface area contributed by atoms with E-state index in [1.165, 1.54) is 11.1 Å². The molecule has 1 aliphatic rings. The minimum Gasteiger partial charge on any atom is -0.370 e. The summed E-state index contributed by atoms with van der Waals surface area (Å²) in [6.45, 7) is 4.12. The van der Waals surface area contributed by atoms with E-state index in [2.05, 4.69) is 48.4 Å². The molecule has 0 aromatic heterocycles. The first-order chi connectivity index (χ1) is 7.66. The Bertz CT molecular complexity index is 396. The summed E-state index contributed by atoms with van der Waals surface area (Å²) >= 11 is 0. The molecule has 1 atom stereocenters. The van der Waals surface area contributed by atoms with Crippen molar-refractivity contribution in [2.24, 2.45) is 10.7 Å². The van der Waals surface area contributed by atoms with Crippen LogP contribution in [-0.4, -0.2) is 12.0 Å². The predicted octanol–water partition coefficient (Wildman–Crippen LogP) is 1.99. The number of benzene rings is 1. The second-order valence-electron chi connectivity index (χ2n) is 4.57. The van der Waals surface area contributed by atoms with Crippen molar-refractivity contribution in [3.05, 3.63) is 35.4 Å². The molecule has 0 bridgehead atoms. The Morgan fingerprint density at radius 1 is 1.44 bits per heavy atom. The number of hydrogen-bond acceptors (Lipinski definition) is 1. The molecule has 86 valence electrons. The molecule has 1 unspecified atom stereocenters. The molecule has 0 aliphatic heterocycles. The Morgan fingerprint density at radius 2 is 2.19 bits per heavy atom. The third-order valence-corrected chi connectivity index (χ3v) is 2.83. The molecule has 3 N–H and O–H groups in total. The molecular formula is C13H19N3. The number of hydrogen-bond donors (Lipinski definition) is 2. The van der Waals surface area contributed by atoms with E-state index in [1.54, 1.807) is 0 Å². The quantitative estimate of drug-likeness (QED) is 0.588. The highest BCUT2D eigenvalue weighted by molar-refractivity contribution is 5.78. The van der Waals surface area contributed by atoms with E-state index in [-0.39, 0.29) is 6.04 Å². The summed E-state index contributed by atoms with van der Waals surface area (Å²) < 4.78 is 0. The van der Waals surface area contributed by atoms with Gasteiger partial charge in [0.15, 0.2) is 5.96 Å². The van der Waals surface area contributed by atoms with Crippen LogP contribution in [0, 0.1) is 0 Å². The summed E-state index contributed by atoms with van der Waals surface area (Å²) in [5.74, 6) is 0.553. The molecule has 16 heavy (non-hydrogen) atoms. The minimum absolute atomic E-state index is 0.238. The van der Waals surface area contributed by atoms with Crippen LogP contribution >= 0.6 is 0 Å². The number of rotatable bonds is 2. The highest BCUT2D eigenvalue weighted by atomic mass is 15.1. The van der Waals surface area contributed by atoms with Gasteiger partial charge in [-0.15, -0.1) is 0 Å². The molecule has 2 rings (SSSR count). The maximum absolute atomic E-state index is 5.85. The Morgan fingerprint density at radius 3 is 2.94 bits per heavy atom. The van der Waals surface area contributed by atoms with Gasteiger partial charge in [0.1, 0.15) is 0 Å². The Labute approximate surface area is 96.8 Å². The van der Waals surface area contributed by atoms with Crippen LogP contribution in [-0.2, 0) is 6.42 Å². The number of nitrogens with two attached hydrogens (primary N) is 1. The molecular weight excluding hydrogens is 198 g/mol. The molecule has 0 amide bonds. The van der Waals surface area contributed by atoms with Crippen molar-refractivity contribution < 1.29 is 0 Å². The van der Waals surface area contributed by atoms with Crippen molar-refractivity contribution in [3.63, 3.8) is 0 Å². The van der Waals surface area contributed by atoms with Gasteiger partial charge in [-0.1, -0.05) is 24.3 Å². The lowest BCUT2D eigenvalue weighted by molar-refractivity contribution is 0.681. The predicted molar refractivity (Wildman–Crippen MR) is 67.4 cm³/mol. The summed E-state index contributed by atoms with van der Waals surface area (Å²) in [5, 5.41) is 3.13. The van der Waals surface area contributed by atoms with Crippen molar-refractivity contribution in [2.45, 2.75) is 38.8 Å². The largest absolute Gasteiger partial charge is 0.370 e. The Kier molecular flexibility index (Phi) is 3.13. The zero-order chi connectivity index (χ0) is 11.5.